The van der Waals surface area contributed by atoms with E-state index >= 15 is 0 Å². The molecule has 2 aromatic heterocycles. The molecule has 4 amide bonds. The molecule has 2 aliphatic heterocycles. The highest BCUT2D eigenvalue weighted by Gasteiger charge is 2.38. The minimum atomic E-state index is -0.693. The molecular weight excluding hydrogens is 711 g/mol. The fourth-order valence-corrected chi connectivity index (χ4v) is 7.50. The summed E-state index contributed by atoms with van der Waals surface area (Å²) < 4.78 is 9.50. The van der Waals surface area contributed by atoms with Gasteiger partial charge in [-0.05, 0) is 84.4 Å². The van der Waals surface area contributed by atoms with E-state index in [-0.39, 0.29) is 35.7 Å². The van der Waals surface area contributed by atoms with Crippen LogP contribution in [0.5, 0.6) is 0 Å². The van der Waals surface area contributed by atoms with Crippen molar-refractivity contribution in [1.82, 2.24) is 35.4 Å². The Labute approximate surface area is 327 Å². The van der Waals surface area contributed by atoms with Crippen molar-refractivity contribution in [2.24, 2.45) is 11.8 Å². The van der Waals surface area contributed by atoms with Crippen molar-refractivity contribution in [1.29, 1.82) is 0 Å². The van der Waals surface area contributed by atoms with Crippen molar-refractivity contribution in [3.8, 4) is 34.2 Å². The quantitative estimate of drug-likeness (QED) is 0.133. The van der Waals surface area contributed by atoms with Crippen molar-refractivity contribution >= 4 is 24.0 Å². The molecule has 294 valence electrons. The number of ether oxygens (including phenoxy) is 2. The van der Waals surface area contributed by atoms with Crippen LogP contribution in [0.15, 0.2) is 66.9 Å². The van der Waals surface area contributed by atoms with E-state index in [1.54, 1.807) is 11.1 Å². The third-order valence-electron chi connectivity index (χ3n) is 10.6. The van der Waals surface area contributed by atoms with Crippen LogP contribution in [0.3, 0.4) is 0 Å². The first-order valence-electron chi connectivity index (χ1n) is 19.2. The largest absolute Gasteiger partial charge is 0.453 e. The second-order valence-electron chi connectivity index (χ2n) is 15.0. The van der Waals surface area contributed by atoms with Crippen molar-refractivity contribution in [2.75, 3.05) is 27.3 Å². The van der Waals surface area contributed by atoms with Crippen LogP contribution in [0.4, 0.5) is 9.59 Å². The Balaban J connectivity index is 1.08. The van der Waals surface area contributed by atoms with Gasteiger partial charge in [0.15, 0.2) is 0 Å². The minimum Gasteiger partial charge on any atom is -0.453 e. The molecule has 2 aromatic carbocycles. The second kappa shape index (κ2) is 17.6. The zero-order valence-electron chi connectivity index (χ0n) is 32.8. The van der Waals surface area contributed by atoms with E-state index in [1.807, 2.05) is 69.0 Å². The molecule has 2 saturated heterocycles. The topological polar surface area (TPSA) is 162 Å². The Morgan fingerprint density at radius 3 is 1.77 bits per heavy atom. The number of rotatable bonds is 10. The van der Waals surface area contributed by atoms with Gasteiger partial charge in [0.2, 0.25) is 11.8 Å². The molecule has 0 radical (unpaired) electrons. The summed E-state index contributed by atoms with van der Waals surface area (Å²) in [5.41, 5.74) is 6.61. The van der Waals surface area contributed by atoms with Crippen LogP contribution in [0.1, 0.15) is 88.2 Å². The summed E-state index contributed by atoms with van der Waals surface area (Å²) in [5, 5.41) is 5.39. The fraction of sp³-hybridized carbons (Fsp3) is 0.419. The van der Waals surface area contributed by atoms with Crippen molar-refractivity contribution < 1.29 is 28.7 Å². The third-order valence-corrected chi connectivity index (χ3v) is 10.6. The monoisotopic (exact) mass is 761 g/mol. The van der Waals surface area contributed by atoms with Crippen LogP contribution in [-0.4, -0.2) is 88.1 Å². The van der Waals surface area contributed by atoms with E-state index in [9.17, 15) is 19.2 Å². The number of likely N-dealkylation sites (tertiary alicyclic amines) is 2. The predicted molar refractivity (Wildman–Crippen MR) is 212 cm³/mol. The minimum absolute atomic E-state index is 0.0845. The molecule has 0 saturated carbocycles. The van der Waals surface area contributed by atoms with Crippen LogP contribution < -0.4 is 10.6 Å². The first kappa shape index (κ1) is 39.7. The van der Waals surface area contributed by atoms with Gasteiger partial charge in [-0.15, -0.1) is 0 Å². The molecule has 2 fully saturated rings. The van der Waals surface area contributed by atoms with Gasteiger partial charge in [0.05, 0.1) is 32.5 Å². The summed E-state index contributed by atoms with van der Waals surface area (Å²) >= 11 is 0. The maximum absolute atomic E-state index is 13.5. The first-order valence-corrected chi connectivity index (χ1v) is 19.2. The smallest absolute Gasteiger partial charge is 0.407 e. The molecular formula is C43H51N7O6. The van der Waals surface area contributed by atoms with E-state index < -0.39 is 24.3 Å². The maximum Gasteiger partial charge on any atom is 0.407 e. The maximum atomic E-state index is 13.5. The third kappa shape index (κ3) is 8.91. The van der Waals surface area contributed by atoms with E-state index in [2.05, 4.69) is 61.7 Å². The lowest BCUT2D eigenvalue weighted by Crippen LogP contribution is -2.51. The molecule has 4 atom stereocenters. The average Bonchev–Trinajstić information content (AvgIpc) is 4.04. The van der Waals surface area contributed by atoms with Gasteiger partial charge >= 0.3 is 12.2 Å². The number of hydrogen-bond acceptors (Lipinski definition) is 7. The number of imidazole rings is 1. The van der Waals surface area contributed by atoms with Gasteiger partial charge in [0.1, 0.15) is 23.6 Å². The summed E-state index contributed by atoms with van der Waals surface area (Å²) in [7, 11) is 2.58. The molecule has 6 rings (SSSR count). The number of aromatic nitrogens is 3. The highest BCUT2D eigenvalue weighted by molar-refractivity contribution is 5.87. The second-order valence-corrected chi connectivity index (χ2v) is 15.0. The number of H-pyrrole nitrogens is 2. The van der Waals surface area contributed by atoms with Gasteiger partial charge in [-0.3, -0.25) is 9.59 Å². The Morgan fingerprint density at radius 1 is 0.696 bits per heavy atom. The Morgan fingerprint density at radius 2 is 1.21 bits per heavy atom. The summed E-state index contributed by atoms with van der Waals surface area (Å²) in [5.74, 6) is 6.61. The number of nitrogens with one attached hydrogen (secondary N) is 4. The van der Waals surface area contributed by atoms with E-state index in [1.165, 1.54) is 14.2 Å². The SMILES string of the molecule is COC(=O)NC(C(=O)N1CCCC1c1ccc(-c2ccc(-c3ccc(C#Cc4cnc(C5CCCN5C(=O)C(NC(=O)OC)C(C)C)[nH]4)cc3)cc2)[nH]1)C(C)C. The molecule has 0 aliphatic carbocycles. The zero-order chi connectivity index (χ0) is 39.9. The number of nitrogens with zero attached hydrogens (tertiary/aromatic N) is 3. The number of hydrogen-bond donors (Lipinski definition) is 4. The fourth-order valence-electron chi connectivity index (χ4n) is 7.50. The molecule has 56 heavy (non-hydrogen) atoms. The number of alkyl carbamates (subject to hydrolysis) is 2. The summed E-state index contributed by atoms with van der Waals surface area (Å²) in [6.07, 6.45) is 3.78. The van der Waals surface area contributed by atoms with Crippen molar-refractivity contribution in [3.05, 3.63) is 89.6 Å². The molecule has 4 heterocycles. The number of aromatic amines is 2. The molecule has 2 aliphatic rings. The van der Waals surface area contributed by atoms with Crippen LogP contribution in [-0.2, 0) is 19.1 Å². The van der Waals surface area contributed by atoms with E-state index in [0.717, 1.165) is 59.3 Å². The van der Waals surface area contributed by atoms with Gasteiger partial charge in [-0.1, -0.05) is 70.0 Å². The number of carbonyl (C=O) groups is 4. The van der Waals surface area contributed by atoms with Crippen molar-refractivity contribution in [2.45, 2.75) is 77.5 Å². The molecule has 0 bridgehead atoms. The lowest BCUT2D eigenvalue weighted by Gasteiger charge is -2.30. The van der Waals surface area contributed by atoms with Gasteiger partial charge in [-0.2, -0.15) is 0 Å². The summed E-state index contributed by atoms with van der Waals surface area (Å²) in [6, 6.07) is 18.8. The summed E-state index contributed by atoms with van der Waals surface area (Å²) in [6.45, 7) is 8.83. The normalized spacial score (nSPS) is 17.6. The van der Waals surface area contributed by atoms with Crippen LogP contribution in [0, 0.1) is 23.7 Å². The van der Waals surface area contributed by atoms with Crippen molar-refractivity contribution in [3.63, 3.8) is 0 Å². The van der Waals surface area contributed by atoms with Gasteiger partial charge in [-0.25, -0.2) is 14.6 Å². The average molecular weight is 762 g/mol. The first-order chi connectivity index (χ1) is 27.0. The molecule has 4 N–H and O–H groups in total. The zero-order valence-corrected chi connectivity index (χ0v) is 32.8. The lowest BCUT2D eigenvalue weighted by atomic mass is 10.0. The molecule has 13 nitrogen and oxygen atoms in total. The number of methoxy groups -OCH3 is 2. The van der Waals surface area contributed by atoms with Crippen LogP contribution >= 0.6 is 0 Å². The number of carbonyl (C=O) groups excluding carboxylic acids is 4. The predicted octanol–water partition coefficient (Wildman–Crippen LogP) is 6.56. The van der Waals surface area contributed by atoms with Gasteiger partial charge in [0, 0.05) is 30.0 Å². The van der Waals surface area contributed by atoms with E-state index in [0.29, 0.717) is 24.6 Å². The van der Waals surface area contributed by atoms with Gasteiger partial charge in [0.25, 0.3) is 0 Å². The highest BCUT2D eigenvalue weighted by atomic mass is 16.5. The summed E-state index contributed by atoms with van der Waals surface area (Å²) in [4.78, 5) is 65.9. The molecule has 4 aromatic rings. The molecule has 13 heteroatoms. The molecule has 0 spiro atoms. The lowest BCUT2D eigenvalue weighted by molar-refractivity contribution is -0.136. The molecule has 4 unspecified atom stereocenters. The van der Waals surface area contributed by atoms with Crippen LogP contribution in [0.25, 0.3) is 22.4 Å². The number of amides is 4. The Hall–Kier alpha value is -6.03. The van der Waals surface area contributed by atoms with Gasteiger partial charge < -0.3 is 39.9 Å². The highest BCUT2D eigenvalue weighted by Crippen LogP contribution is 2.35. The van der Waals surface area contributed by atoms with Crippen LogP contribution in [0.2, 0.25) is 0 Å². The standard InChI is InChI=1S/C43H51N7O6/c1-26(2)37(47-42(53)55-5)40(51)49-23-7-9-35(49)34-22-21-33(46-34)31-18-16-30(17-19-31)29-14-11-28(12-15-29)13-20-32-25-44-39(45-32)36-10-8-24-50(36)41(52)38(27(3)4)48-43(54)56-6/h11-12,14-19,21-22,25-27,35-38,46H,7-10,23-24H2,1-6H3,(H,44,45)(H,47,53)(H,48,54). The Bertz CT molecular complexity index is 2070. The van der Waals surface area contributed by atoms with E-state index in [4.69, 9.17) is 9.47 Å². The Kier molecular flexibility index (Phi) is 12.5. The number of benzene rings is 2.